The van der Waals surface area contributed by atoms with Crippen molar-refractivity contribution < 1.29 is 14.3 Å². The van der Waals surface area contributed by atoms with Crippen molar-refractivity contribution in [1.82, 2.24) is 0 Å². The fourth-order valence-corrected chi connectivity index (χ4v) is 4.98. The van der Waals surface area contributed by atoms with Crippen LogP contribution in [0.1, 0.15) is 31.9 Å². The van der Waals surface area contributed by atoms with Crippen LogP contribution in [0.3, 0.4) is 0 Å². The van der Waals surface area contributed by atoms with Crippen molar-refractivity contribution in [3.05, 3.63) is 83.9 Å². The van der Waals surface area contributed by atoms with E-state index in [0.29, 0.717) is 5.75 Å². The summed E-state index contributed by atoms with van der Waals surface area (Å²) in [4.78, 5) is 15.6. The highest BCUT2D eigenvalue weighted by Crippen LogP contribution is 2.32. The molecule has 4 heteroatoms. The number of hydrogen-bond donors (Lipinski definition) is 0. The number of carbonyl (C=O) groups is 1. The molecule has 3 rings (SSSR count). The molecule has 0 bridgehead atoms. The van der Waals surface area contributed by atoms with Crippen molar-refractivity contribution in [2.45, 2.75) is 54.9 Å². The molecule has 0 fully saturated rings. The van der Waals surface area contributed by atoms with Gasteiger partial charge in [-0.2, -0.15) is 0 Å². The smallest absolute Gasteiger partial charge is 0.344 e. The summed E-state index contributed by atoms with van der Waals surface area (Å²) in [5, 5.41) is 0. The molecule has 0 radical (unpaired) electrons. The molecule has 0 aliphatic rings. The van der Waals surface area contributed by atoms with Gasteiger partial charge >= 0.3 is 5.97 Å². The van der Waals surface area contributed by atoms with Gasteiger partial charge in [-0.3, -0.25) is 0 Å². The van der Waals surface area contributed by atoms with Gasteiger partial charge in [-0.25, -0.2) is 4.79 Å². The quantitative estimate of drug-likeness (QED) is 0.355. The van der Waals surface area contributed by atoms with E-state index in [4.69, 9.17) is 9.47 Å². The second-order valence-electron chi connectivity index (χ2n) is 8.28. The maximum absolute atomic E-state index is 11.9. The second-order valence-corrected chi connectivity index (χ2v) is 10.3. The lowest BCUT2D eigenvalue weighted by atomic mass is 10.2. The molecule has 0 aromatic heterocycles. The standard InChI is InChI=1S/C26H29O3S/c1-19-6-12-22(13-7-19)30(23-14-8-20(2)9-15-23)24-16-10-21(11-17-24)28-18-25(27)29-26(3,4)5/h6-17H,18H2,1-5H3/q+1. The summed E-state index contributed by atoms with van der Waals surface area (Å²) in [5.41, 5.74) is 1.98. The molecular weight excluding hydrogens is 392 g/mol. The lowest BCUT2D eigenvalue weighted by molar-refractivity contribution is -0.157. The van der Waals surface area contributed by atoms with E-state index in [9.17, 15) is 4.79 Å². The van der Waals surface area contributed by atoms with Crippen molar-refractivity contribution in [2.75, 3.05) is 6.61 Å². The summed E-state index contributed by atoms with van der Waals surface area (Å²) in [6.07, 6.45) is 0. The minimum absolute atomic E-state index is 0.0990. The van der Waals surface area contributed by atoms with E-state index >= 15 is 0 Å². The molecule has 0 saturated heterocycles. The van der Waals surface area contributed by atoms with Crippen molar-refractivity contribution >= 4 is 16.9 Å². The maximum Gasteiger partial charge on any atom is 0.344 e. The van der Waals surface area contributed by atoms with Crippen LogP contribution < -0.4 is 4.74 Å². The first kappa shape index (κ1) is 22.0. The van der Waals surface area contributed by atoms with Crippen LogP contribution in [0.5, 0.6) is 5.75 Å². The zero-order valence-electron chi connectivity index (χ0n) is 18.3. The maximum atomic E-state index is 11.9. The van der Waals surface area contributed by atoms with Crippen molar-refractivity contribution in [2.24, 2.45) is 0 Å². The number of rotatable bonds is 6. The van der Waals surface area contributed by atoms with Gasteiger partial charge in [0.05, 0.1) is 10.9 Å². The summed E-state index contributed by atoms with van der Waals surface area (Å²) in [6.45, 7) is 9.64. The van der Waals surface area contributed by atoms with E-state index in [2.05, 4.69) is 74.5 Å². The number of benzene rings is 3. The fraction of sp³-hybridized carbons (Fsp3) is 0.269. The van der Waals surface area contributed by atoms with Crippen molar-refractivity contribution in [1.29, 1.82) is 0 Å². The van der Waals surface area contributed by atoms with Crippen LogP contribution in [0.25, 0.3) is 0 Å². The van der Waals surface area contributed by atoms with E-state index in [1.54, 1.807) is 0 Å². The van der Waals surface area contributed by atoms with E-state index in [1.807, 2.05) is 32.9 Å². The molecule has 0 aliphatic heterocycles. The van der Waals surface area contributed by atoms with Crippen molar-refractivity contribution in [3.8, 4) is 5.75 Å². The van der Waals surface area contributed by atoms with Crippen LogP contribution in [-0.4, -0.2) is 18.2 Å². The van der Waals surface area contributed by atoms with Crippen molar-refractivity contribution in [3.63, 3.8) is 0 Å². The fourth-order valence-electron chi connectivity index (χ4n) is 2.94. The summed E-state index contributed by atoms with van der Waals surface area (Å²) in [7, 11) is -0.213. The zero-order chi connectivity index (χ0) is 21.7. The number of carbonyl (C=O) groups excluding carboxylic acids is 1. The Bertz CT molecular complexity index is 923. The lowest BCUT2D eigenvalue weighted by Gasteiger charge is -2.19. The molecule has 0 atom stereocenters. The molecule has 0 heterocycles. The first-order valence-corrected chi connectivity index (χ1v) is 11.3. The summed E-state index contributed by atoms with van der Waals surface area (Å²) < 4.78 is 10.9. The monoisotopic (exact) mass is 421 g/mol. The molecule has 30 heavy (non-hydrogen) atoms. The molecule has 0 spiro atoms. The van der Waals surface area contributed by atoms with Gasteiger partial charge in [0.15, 0.2) is 21.3 Å². The third-order valence-corrected chi connectivity index (χ3v) is 6.58. The number of esters is 1. The second kappa shape index (κ2) is 9.40. The van der Waals surface area contributed by atoms with Gasteiger partial charge in [0.2, 0.25) is 0 Å². The van der Waals surface area contributed by atoms with E-state index < -0.39 is 5.60 Å². The van der Waals surface area contributed by atoms with Gasteiger partial charge in [-0.15, -0.1) is 0 Å². The highest BCUT2D eigenvalue weighted by molar-refractivity contribution is 7.97. The Balaban J connectivity index is 1.81. The Labute approximate surface area is 182 Å². The average Bonchev–Trinajstić information content (AvgIpc) is 2.69. The highest BCUT2D eigenvalue weighted by Gasteiger charge is 2.28. The van der Waals surface area contributed by atoms with Crippen LogP contribution in [0.2, 0.25) is 0 Å². The number of aryl methyl sites for hydroxylation is 2. The average molecular weight is 422 g/mol. The summed E-state index contributed by atoms with van der Waals surface area (Å²) in [6, 6.07) is 25.4. The Hall–Kier alpha value is -2.72. The minimum atomic E-state index is -0.513. The van der Waals surface area contributed by atoms with Gasteiger partial charge < -0.3 is 9.47 Å². The van der Waals surface area contributed by atoms with Gasteiger partial charge in [-0.05, 0) is 83.1 Å². The van der Waals surface area contributed by atoms with Crippen LogP contribution in [0.15, 0.2) is 87.5 Å². The first-order chi connectivity index (χ1) is 14.2. The van der Waals surface area contributed by atoms with Gasteiger partial charge in [0.1, 0.15) is 11.4 Å². The molecule has 0 amide bonds. The number of ether oxygens (including phenoxy) is 2. The molecule has 0 N–H and O–H groups in total. The number of hydrogen-bond acceptors (Lipinski definition) is 3. The highest BCUT2D eigenvalue weighted by atomic mass is 32.2. The summed E-state index contributed by atoms with van der Waals surface area (Å²) in [5.74, 6) is 0.284. The molecule has 156 valence electrons. The molecule has 3 aromatic carbocycles. The third-order valence-electron chi connectivity index (χ3n) is 4.35. The molecule has 3 aromatic rings. The molecular formula is C26H29O3S+. The minimum Gasteiger partial charge on any atom is -0.482 e. The first-order valence-electron chi connectivity index (χ1n) is 10.0. The van der Waals surface area contributed by atoms with E-state index in [-0.39, 0.29) is 23.5 Å². The van der Waals surface area contributed by atoms with Crippen LogP contribution in [-0.2, 0) is 20.4 Å². The third kappa shape index (κ3) is 6.14. The van der Waals surface area contributed by atoms with Crippen LogP contribution in [0.4, 0.5) is 0 Å². The Morgan fingerprint density at radius 2 is 1.13 bits per heavy atom. The summed E-state index contributed by atoms with van der Waals surface area (Å²) >= 11 is 0. The van der Waals surface area contributed by atoms with Gasteiger partial charge in [0.25, 0.3) is 0 Å². The van der Waals surface area contributed by atoms with E-state index in [1.165, 1.54) is 25.8 Å². The predicted molar refractivity (Wildman–Crippen MR) is 122 cm³/mol. The Kier molecular flexibility index (Phi) is 6.88. The zero-order valence-corrected chi connectivity index (χ0v) is 19.1. The topological polar surface area (TPSA) is 35.5 Å². The SMILES string of the molecule is Cc1ccc([S+](c2ccc(C)cc2)c2ccc(OCC(=O)OC(C)(C)C)cc2)cc1. The van der Waals surface area contributed by atoms with Gasteiger partial charge in [0, 0.05) is 0 Å². The van der Waals surface area contributed by atoms with Crippen LogP contribution >= 0.6 is 0 Å². The van der Waals surface area contributed by atoms with E-state index in [0.717, 1.165) is 0 Å². The Morgan fingerprint density at radius 3 is 1.53 bits per heavy atom. The molecule has 3 nitrogen and oxygen atoms in total. The van der Waals surface area contributed by atoms with Gasteiger partial charge in [-0.1, -0.05) is 35.4 Å². The predicted octanol–water partition coefficient (Wildman–Crippen LogP) is 6.12. The molecule has 0 saturated carbocycles. The lowest BCUT2D eigenvalue weighted by Crippen LogP contribution is -2.27. The largest absolute Gasteiger partial charge is 0.482 e. The Morgan fingerprint density at radius 1 is 0.733 bits per heavy atom. The normalized spacial score (nSPS) is 11.4. The molecule has 0 unspecified atom stereocenters. The van der Waals surface area contributed by atoms with Crippen LogP contribution in [0, 0.1) is 13.8 Å². The molecule has 0 aliphatic carbocycles.